The van der Waals surface area contributed by atoms with Crippen LogP contribution in [0.4, 0.5) is 4.79 Å². The zero-order valence-electron chi connectivity index (χ0n) is 12.6. The molecule has 2 amide bonds. The fourth-order valence-corrected chi connectivity index (χ4v) is 2.85. The minimum atomic E-state index is -0.961. The number of carboxylic acid groups (broad SMARTS) is 1. The number of urea groups is 1. The number of rotatable bonds is 9. The van der Waals surface area contributed by atoms with Crippen LogP contribution in [0.5, 0.6) is 0 Å². The molecule has 0 bridgehead atoms. The van der Waals surface area contributed by atoms with E-state index in [1.165, 1.54) is 0 Å². The molecule has 0 saturated heterocycles. The molecular formula is C13H26N2O4S. The molecule has 0 aromatic carbocycles. The highest BCUT2D eigenvalue weighted by Crippen LogP contribution is 2.14. The molecule has 0 aliphatic carbocycles. The lowest BCUT2D eigenvalue weighted by Crippen LogP contribution is -2.44. The number of hydrogen-bond acceptors (Lipinski definition) is 3. The van der Waals surface area contributed by atoms with Gasteiger partial charge in [0.15, 0.2) is 0 Å². The standard InChI is InChI=1S/C13H26N2O4S/c1-9(2)5-11(6-12(16)17)7-14-13(18)15-10(3)8-20(4)19/h9-11H,5-8H2,1-4H3,(H,16,17)(H2,14,15,18)/t10?,11-,20?/m0/s1. The molecule has 3 N–H and O–H groups in total. The highest BCUT2D eigenvalue weighted by atomic mass is 32.2. The zero-order valence-corrected chi connectivity index (χ0v) is 13.5. The molecule has 0 fully saturated rings. The third-order valence-corrected chi connectivity index (χ3v) is 3.65. The second kappa shape index (κ2) is 9.74. The molecule has 0 rings (SSSR count). The summed E-state index contributed by atoms with van der Waals surface area (Å²) in [5, 5.41) is 14.2. The Kier molecular flexibility index (Phi) is 9.20. The van der Waals surface area contributed by atoms with Crippen LogP contribution in [0, 0.1) is 11.8 Å². The minimum absolute atomic E-state index is 0.0486. The fourth-order valence-electron chi connectivity index (χ4n) is 2.06. The maximum absolute atomic E-state index is 11.6. The van der Waals surface area contributed by atoms with Gasteiger partial charge in [0.25, 0.3) is 0 Å². The first-order chi connectivity index (χ1) is 9.20. The van der Waals surface area contributed by atoms with Crippen molar-refractivity contribution in [2.24, 2.45) is 11.8 Å². The van der Waals surface area contributed by atoms with E-state index >= 15 is 0 Å². The largest absolute Gasteiger partial charge is 0.481 e. The van der Waals surface area contributed by atoms with Gasteiger partial charge in [-0.2, -0.15) is 0 Å². The van der Waals surface area contributed by atoms with E-state index < -0.39 is 16.8 Å². The Labute approximate surface area is 123 Å². The average Bonchev–Trinajstić information content (AvgIpc) is 2.22. The first-order valence-corrected chi connectivity index (χ1v) is 8.49. The number of hydrogen-bond donors (Lipinski definition) is 3. The van der Waals surface area contributed by atoms with Crippen LogP contribution in [0.1, 0.15) is 33.6 Å². The summed E-state index contributed by atoms with van der Waals surface area (Å²) in [5.74, 6) is -0.148. The monoisotopic (exact) mass is 306 g/mol. The Morgan fingerprint density at radius 3 is 2.30 bits per heavy atom. The first kappa shape index (κ1) is 18.9. The third kappa shape index (κ3) is 10.8. The molecule has 20 heavy (non-hydrogen) atoms. The highest BCUT2D eigenvalue weighted by molar-refractivity contribution is 7.84. The van der Waals surface area contributed by atoms with Crippen molar-refractivity contribution in [3.05, 3.63) is 0 Å². The van der Waals surface area contributed by atoms with Gasteiger partial charge < -0.3 is 15.7 Å². The van der Waals surface area contributed by atoms with Crippen molar-refractivity contribution in [1.82, 2.24) is 10.6 Å². The number of nitrogens with one attached hydrogen (secondary N) is 2. The van der Waals surface area contributed by atoms with Crippen LogP contribution in [0.2, 0.25) is 0 Å². The van der Waals surface area contributed by atoms with Crippen LogP contribution in [0.15, 0.2) is 0 Å². The summed E-state index contributed by atoms with van der Waals surface area (Å²) < 4.78 is 11.0. The van der Waals surface area contributed by atoms with Gasteiger partial charge >= 0.3 is 12.0 Å². The Hall–Kier alpha value is -1.11. The molecule has 0 aromatic rings. The third-order valence-electron chi connectivity index (χ3n) is 2.68. The number of carbonyl (C=O) groups is 2. The van der Waals surface area contributed by atoms with Crippen molar-refractivity contribution in [3.63, 3.8) is 0 Å². The predicted octanol–water partition coefficient (Wildman–Crippen LogP) is 1.19. The molecule has 0 aromatic heterocycles. The van der Waals surface area contributed by atoms with Gasteiger partial charge in [-0.3, -0.25) is 9.00 Å². The lowest BCUT2D eigenvalue weighted by molar-refractivity contribution is -0.138. The van der Waals surface area contributed by atoms with Gasteiger partial charge in [0.2, 0.25) is 0 Å². The van der Waals surface area contributed by atoms with Crippen LogP contribution in [0.3, 0.4) is 0 Å². The number of aliphatic carboxylic acids is 1. The van der Waals surface area contributed by atoms with Crippen molar-refractivity contribution in [2.45, 2.75) is 39.7 Å². The van der Waals surface area contributed by atoms with E-state index in [0.29, 0.717) is 18.2 Å². The van der Waals surface area contributed by atoms with Crippen molar-refractivity contribution in [1.29, 1.82) is 0 Å². The van der Waals surface area contributed by atoms with Gasteiger partial charge in [0.1, 0.15) is 0 Å². The van der Waals surface area contributed by atoms with Gasteiger partial charge in [-0.15, -0.1) is 0 Å². The molecule has 0 aliphatic heterocycles. The summed E-state index contributed by atoms with van der Waals surface area (Å²) >= 11 is 0. The fraction of sp³-hybridized carbons (Fsp3) is 0.846. The van der Waals surface area contributed by atoms with Crippen molar-refractivity contribution in [2.75, 3.05) is 18.6 Å². The lowest BCUT2D eigenvalue weighted by atomic mass is 9.94. The van der Waals surface area contributed by atoms with E-state index in [9.17, 15) is 13.8 Å². The van der Waals surface area contributed by atoms with Gasteiger partial charge in [-0.1, -0.05) is 13.8 Å². The Bertz CT molecular complexity index is 347. The normalized spacial score (nSPS) is 15.4. The topological polar surface area (TPSA) is 95.5 Å². The van der Waals surface area contributed by atoms with Crippen molar-refractivity contribution in [3.8, 4) is 0 Å². The first-order valence-electron chi connectivity index (χ1n) is 6.76. The van der Waals surface area contributed by atoms with E-state index in [2.05, 4.69) is 10.6 Å². The van der Waals surface area contributed by atoms with Gasteiger partial charge in [-0.25, -0.2) is 4.79 Å². The SMILES string of the molecule is CC(C)C[C@H](CNC(=O)NC(C)CS(C)=O)CC(=O)O. The maximum Gasteiger partial charge on any atom is 0.315 e. The lowest BCUT2D eigenvalue weighted by Gasteiger charge is -2.19. The van der Waals surface area contributed by atoms with Crippen LogP contribution >= 0.6 is 0 Å². The van der Waals surface area contributed by atoms with Gasteiger partial charge in [0.05, 0.1) is 0 Å². The van der Waals surface area contributed by atoms with Crippen LogP contribution in [-0.2, 0) is 15.6 Å². The second-order valence-corrected chi connectivity index (χ2v) is 7.07. The van der Waals surface area contributed by atoms with E-state index in [1.54, 1.807) is 13.2 Å². The molecule has 2 unspecified atom stereocenters. The highest BCUT2D eigenvalue weighted by Gasteiger charge is 2.16. The molecular weight excluding hydrogens is 280 g/mol. The van der Waals surface area contributed by atoms with Crippen molar-refractivity contribution >= 4 is 22.8 Å². The second-order valence-electron chi connectivity index (χ2n) is 5.59. The molecule has 118 valence electrons. The Morgan fingerprint density at radius 1 is 1.25 bits per heavy atom. The summed E-state index contributed by atoms with van der Waals surface area (Å²) in [7, 11) is -0.961. The van der Waals surface area contributed by atoms with Crippen molar-refractivity contribution < 1.29 is 18.9 Å². The van der Waals surface area contributed by atoms with E-state index in [0.717, 1.165) is 6.42 Å². The minimum Gasteiger partial charge on any atom is -0.481 e. The molecule has 7 heteroatoms. The summed E-state index contributed by atoms with van der Waals surface area (Å²) in [6, 6.07) is -0.522. The van der Waals surface area contributed by atoms with E-state index in [-0.39, 0.29) is 24.4 Å². The van der Waals surface area contributed by atoms with Gasteiger partial charge in [-0.05, 0) is 25.2 Å². The molecule has 0 radical (unpaired) electrons. The molecule has 0 heterocycles. The number of amides is 2. The maximum atomic E-state index is 11.6. The zero-order chi connectivity index (χ0) is 15.7. The van der Waals surface area contributed by atoms with Gasteiger partial charge in [0, 0.05) is 41.8 Å². The predicted molar refractivity (Wildman–Crippen MR) is 80.1 cm³/mol. The molecule has 3 atom stereocenters. The summed E-state index contributed by atoms with van der Waals surface area (Å²) in [5.41, 5.74) is 0. The Morgan fingerprint density at radius 2 is 1.85 bits per heavy atom. The summed E-state index contributed by atoms with van der Waals surface area (Å²) in [6.07, 6.45) is 2.38. The quantitative estimate of drug-likeness (QED) is 0.596. The summed E-state index contributed by atoms with van der Waals surface area (Å²) in [6.45, 7) is 6.16. The molecule has 0 spiro atoms. The average molecular weight is 306 g/mol. The van der Waals surface area contributed by atoms with E-state index in [4.69, 9.17) is 5.11 Å². The number of carboxylic acids is 1. The summed E-state index contributed by atoms with van der Waals surface area (Å²) in [4.78, 5) is 22.4. The van der Waals surface area contributed by atoms with Crippen LogP contribution in [0.25, 0.3) is 0 Å². The molecule has 6 nitrogen and oxygen atoms in total. The molecule has 0 saturated carbocycles. The number of carbonyl (C=O) groups excluding carboxylic acids is 1. The molecule has 0 aliphatic rings. The smallest absolute Gasteiger partial charge is 0.315 e. The Balaban J connectivity index is 4.15. The van der Waals surface area contributed by atoms with Crippen LogP contribution in [-0.4, -0.2) is 45.9 Å². The van der Waals surface area contributed by atoms with Crippen LogP contribution < -0.4 is 10.6 Å². The van der Waals surface area contributed by atoms with E-state index in [1.807, 2.05) is 13.8 Å².